The van der Waals surface area contributed by atoms with E-state index in [1.165, 1.54) is 6.07 Å². The van der Waals surface area contributed by atoms with E-state index < -0.39 is 40.3 Å². The van der Waals surface area contributed by atoms with Crippen LogP contribution in [0.5, 0.6) is 0 Å². The van der Waals surface area contributed by atoms with Crippen molar-refractivity contribution in [2.24, 2.45) is 0 Å². The maximum absolute atomic E-state index is 13.5. The second-order valence-corrected chi connectivity index (χ2v) is 3.46. The quantitative estimate of drug-likeness (QED) is 0.453. The average molecular weight is 270 g/mol. The van der Waals surface area contributed by atoms with Crippen molar-refractivity contribution in [3.8, 4) is 17.3 Å². The molecular formula is C12H3F5N2. The first kappa shape index (κ1) is 13.0. The fourth-order valence-electron chi connectivity index (χ4n) is 1.51. The smallest absolute Gasteiger partial charge is 0.200 e. The van der Waals surface area contributed by atoms with Crippen LogP contribution in [-0.4, -0.2) is 4.98 Å². The molecular weight excluding hydrogens is 267 g/mol. The van der Waals surface area contributed by atoms with Crippen molar-refractivity contribution in [3.05, 3.63) is 53.0 Å². The van der Waals surface area contributed by atoms with Crippen LogP contribution in [0.15, 0.2) is 18.3 Å². The molecule has 96 valence electrons. The number of aromatic nitrogens is 1. The van der Waals surface area contributed by atoms with Gasteiger partial charge in [0.25, 0.3) is 0 Å². The predicted octanol–water partition coefficient (Wildman–Crippen LogP) is 3.32. The largest absolute Gasteiger partial charge is 0.255 e. The minimum absolute atomic E-state index is 0.300. The fourth-order valence-corrected chi connectivity index (χ4v) is 1.51. The van der Waals surface area contributed by atoms with Crippen LogP contribution in [0.3, 0.4) is 0 Å². The Morgan fingerprint density at radius 2 is 1.42 bits per heavy atom. The topological polar surface area (TPSA) is 36.7 Å². The van der Waals surface area contributed by atoms with E-state index in [2.05, 4.69) is 4.98 Å². The zero-order chi connectivity index (χ0) is 14.2. The average Bonchev–Trinajstić information content (AvgIpc) is 2.44. The predicted molar refractivity (Wildman–Crippen MR) is 54.2 cm³/mol. The van der Waals surface area contributed by atoms with Gasteiger partial charge in [0.2, 0.25) is 5.82 Å². The number of pyridine rings is 1. The van der Waals surface area contributed by atoms with Crippen LogP contribution >= 0.6 is 0 Å². The summed E-state index contributed by atoms with van der Waals surface area (Å²) in [4.78, 5) is 3.50. The van der Waals surface area contributed by atoms with E-state index in [-0.39, 0.29) is 5.56 Å². The normalized spacial score (nSPS) is 10.3. The lowest BCUT2D eigenvalue weighted by Crippen LogP contribution is -2.05. The third kappa shape index (κ3) is 1.91. The van der Waals surface area contributed by atoms with Gasteiger partial charge in [0, 0.05) is 6.20 Å². The van der Waals surface area contributed by atoms with Crippen molar-refractivity contribution in [3.63, 3.8) is 0 Å². The van der Waals surface area contributed by atoms with Gasteiger partial charge < -0.3 is 0 Å². The second-order valence-electron chi connectivity index (χ2n) is 3.46. The van der Waals surface area contributed by atoms with Gasteiger partial charge in [-0.1, -0.05) is 0 Å². The van der Waals surface area contributed by atoms with Gasteiger partial charge in [-0.3, -0.25) is 4.98 Å². The molecule has 19 heavy (non-hydrogen) atoms. The molecule has 0 fully saturated rings. The van der Waals surface area contributed by atoms with Crippen LogP contribution in [0.4, 0.5) is 22.0 Å². The first-order chi connectivity index (χ1) is 8.99. The summed E-state index contributed by atoms with van der Waals surface area (Å²) in [5.74, 6) is -10.5. The Morgan fingerprint density at radius 1 is 0.895 bits per heavy atom. The molecule has 0 radical (unpaired) electrons. The van der Waals surface area contributed by atoms with Crippen molar-refractivity contribution >= 4 is 0 Å². The van der Waals surface area contributed by atoms with Gasteiger partial charge in [-0.25, -0.2) is 22.0 Å². The fraction of sp³-hybridized carbons (Fsp3) is 0. The summed E-state index contributed by atoms with van der Waals surface area (Å²) in [5, 5.41) is 8.76. The van der Waals surface area contributed by atoms with Crippen LogP contribution in [0, 0.1) is 40.4 Å². The summed E-state index contributed by atoms with van der Waals surface area (Å²) in [6.07, 6.45) is 1.08. The highest BCUT2D eigenvalue weighted by Gasteiger charge is 2.28. The SMILES string of the molecule is N#Cc1cccnc1-c1c(F)c(F)c(F)c(F)c1F. The van der Waals surface area contributed by atoms with Crippen LogP contribution < -0.4 is 0 Å². The highest BCUT2D eigenvalue weighted by molar-refractivity contribution is 5.67. The third-order valence-corrected chi connectivity index (χ3v) is 2.37. The van der Waals surface area contributed by atoms with Crippen LogP contribution in [0.25, 0.3) is 11.3 Å². The molecule has 1 aromatic heterocycles. The van der Waals surface area contributed by atoms with Crippen molar-refractivity contribution in [2.45, 2.75) is 0 Å². The van der Waals surface area contributed by atoms with Crippen LogP contribution in [-0.2, 0) is 0 Å². The molecule has 0 aliphatic carbocycles. The van der Waals surface area contributed by atoms with E-state index in [4.69, 9.17) is 5.26 Å². The zero-order valence-corrected chi connectivity index (χ0v) is 9.02. The summed E-state index contributed by atoms with van der Waals surface area (Å²) in [6.45, 7) is 0. The summed E-state index contributed by atoms with van der Waals surface area (Å²) in [6, 6.07) is 4.02. The lowest BCUT2D eigenvalue weighted by atomic mass is 10.0. The van der Waals surface area contributed by atoms with Crippen LogP contribution in [0.1, 0.15) is 5.56 Å². The van der Waals surface area contributed by atoms with Gasteiger partial charge in [-0.05, 0) is 12.1 Å². The van der Waals surface area contributed by atoms with Crippen molar-refractivity contribution in [1.29, 1.82) is 5.26 Å². The second kappa shape index (κ2) is 4.65. The van der Waals surface area contributed by atoms with Crippen LogP contribution in [0.2, 0.25) is 0 Å². The maximum atomic E-state index is 13.5. The molecule has 2 nitrogen and oxygen atoms in total. The monoisotopic (exact) mass is 270 g/mol. The Kier molecular flexibility index (Phi) is 3.17. The Hall–Kier alpha value is -2.49. The van der Waals surface area contributed by atoms with Crippen molar-refractivity contribution in [1.82, 2.24) is 4.98 Å². The molecule has 2 rings (SSSR count). The van der Waals surface area contributed by atoms with E-state index in [0.717, 1.165) is 12.3 Å². The molecule has 0 bridgehead atoms. The molecule has 2 aromatic rings. The molecule has 0 aliphatic heterocycles. The highest BCUT2D eigenvalue weighted by Crippen LogP contribution is 2.31. The number of halogens is 5. The molecule has 0 aliphatic rings. The maximum Gasteiger partial charge on any atom is 0.200 e. The molecule has 0 unspecified atom stereocenters. The van der Waals surface area contributed by atoms with E-state index in [1.54, 1.807) is 6.07 Å². The molecule has 0 amide bonds. The number of rotatable bonds is 1. The van der Waals surface area contributed by atoms with Gasteiger partial charge in [0.05, 0.1) is 16.8 Å². The molecule has 1 aromatic carbocycles. The number of hydrogen-bond acceptors (Lipinski definition) is 2. The van der Waals surface area contributed by atoms with Crippen molar-refractivity contribution in [2.75, 3.05) is 0 Å². The van der Waals surface area contributed by atoms with Gasteiger partial charge >= 0.3 is 0 Å². The summed E-state index contributed by atoms with van der Waals surface area (Å²) in [7, 11) is 0. The Labute approximate surface area is 103 Å². The van der Waals surface area contributed by atoms with Gasteiger partial charge in [0.1, 0.15) is 6.07 Å². The number of benzene rings is 1. The number of nitriles is 1. The van der Waals surface area contributed by atoms with E-state index >= 15 is 0 Å². The molecule has 1 heterocycles. The minimum atomic E-state index is -2.26. The Morgan fingerprint density at radius 3 is 1.95 bits per heavy atom. The minimum Gasteiger partial charge on any atom is -0.255 e. The summed E-state index contributed by atoms with van der Waals surface area (Å²) in [5.41, 5.74) is -2.11. The number of nitrogens with zero attached hydrogens (tertiary/aromatic N) is 2. The van der Waals surface area contributed by atoms with E-state index in [0.29, 0.717) is 0 Å². The lowest BCUT2D eigenvalue weighted by molar-refractivity contribution is 0.381. The molecule has 0 atom stereocenters. The zero-order valence-electron chi connectivity index (χ0n) is 9.02. The van der Waals surface area contributed by atoms with Crippen molar-refractivity contribution < 1.29 is 22.0 Å². The molecule has 0 saturated heterocycles. The summed E-state index contributed by atoms with van der Waals surface area (Å²) < 4.78 is 66.1. The van der Waals surface area contributed by atoms with E-state index in [1.807, 2.05) is 0 Å². The molecule has 0 N–H and O–H groups in total. The highest BCUT2D eigenvalue weighted by atomic mass is 19.2. The first-order valence-corrected chi connectivity index (χ1v) is 4.86. The molecule has 0 spiro atoms. The molecule has 0 saturated carbocycles. The number of hydrogen-bond donors (Lipinski definition) is 0. The Balaban J connectivity index is 2.88. The van der Waals surface area contributed by atoms with Gasteiger partial charge in [-0.2, -0.15) is 5.26 Å². The van der Waals surface area contributed by atoms with Gasteiger partial charge in [0.15, 0.2) is 23.3 Å². The molecule has 7 heteroatoms. The first-order valence-electron chi connectivity index (χ1n) is 4.86. The standard InChI is InChI=1S/C12H3F5N2/c13-7-6(8(14)10(16)11(17)9(7)15)12-5(4-18)2-1-3-19-12/h1-3H. The van der Waals surface area contributed by atoms with Gasteiger partial charge in [-0.15, -0.1) is 0 Å². The lowest BCUT2D eigenvalue weighted by Gasteiger charge is -2.08. The Bertz CT molecular complexity index is 677. The third-order valence-electron chi connectivity index (χ3n) is 2.37. The van der Waals surface area contributed by atoms with E-state index in [9.17, 15) is 22.0 Å². The summed E-state index contributed by atoms with van der Waals surface area (Å²) >= 11 is 0.